The van der Waals surface area contributed by atoms with Crippen LogP contribution in [0.25, 0.3) is 22.4 Å². The second-order valence-electron chi connectivity index (χ2n) is 9.12. The van der Waals surface area contributed by atoms with Crippen LogP contribution in [0.1, 0.15) is 32.4 Å². The molecule has 0 radical (unpaired) electrons. The zero-order chi connectivity index (χ0) is 27.4. The van der Waals surface area contributed by atoms with Crippen LogP contribution in [-0.2, 0) is 32.6 Å². The molecule has 12 nitrogen and oxygen atoms in total. The molecule has 206 valence electrons. The first-order chi connectivity index (χ1) is 18.2. The van der Waals surface area contributed by atoms with Crippen LogP contribution in [0.5, 0.6) is 5.75 Å². The number of hydrogen-bond donors (Lipinski definition) is 1. The molecule has 0 amide bonds. The first-order valence-corrected chi connectivity index (χ1v) is 15.4. The maximum absolute atomic E-state index is 13.6. The molecule has 14 heteroatoms. The molecule has 3 heterocycles. The molecule has 0 saturated carbocycles. The fourth-order valence-electron chi connectivity index (χ4n) is 4.45. The molecule has 38 heavy (non-hydrogen) atoms. The number of benzene rings is 1. The Morgan fingerprint density at radius 3 is 2.53 bits per heavy atom. The van der Waals surface area contributed by atoms with Gasteiger partial charge in [-0.05, 0) is 35.6 Å². The summed E-state index contributed by atoms with van der Waals surface area (Å²) < 4.78 is 52.6. The highest BCUT2D eigenvalue weighted by Gasteiger charge is 2.32. The molecule has 0 bridgehead atoms. The summed E-state index contributed by atoms with van der Waals surface area (Å²) in [5.41, 5.74) is 1.60. The SMILES string of the molecule is CCCOc1ccc(S(=O)(=O)N2CCN(C[P+](=O)OC)CC2)cc1-c1nc2c(CCC)nn(C)c2c(=O)[nH]1. The fraction of sp³-hybridized carbons (Fsp3) is 0.542. The highest BCUT2D eigenvalue weighted by molar-refractivity contribution is 7.89. The topological polar surface area (TPSA) is 140 Å². The van der Waals surface area contributed by atoms with Crippen LogP contribution in [0.15, 0.2) is 27.9 Å². The van der Waals surface area contributed by atoms with E-state index in [1.807, 2.05) is 18.7 Å². The van der Waals surface area contributed by atoms with Gasteiger partial charge in [0.25, 0.3) is 5.56 Å². The smallest absolute Gasteiger partial charge is 0.493 e. The molecule has 1 aliphatic rings. The third kappa shape index (κ3) is 5.81. The molecule has 4 rings (SSSR count). The van der Waals surface area contributed by atoms with E-state index in [0.717, 1.165) is 12.8 Å². The van der Waals surface area contributed by atoms with E-state index in [4.69, 9.17) is 14.2 Å². The number of ether oxygens (including phenoxy) is 1. The minimum Gasteiger partial charge on any atom is -0.493 e. The van der Waals surface area contributed by atoms with Crippen LogP contribution in [0, 0.1) is 0 Å². The summed E-state index contributed by atoms with van der Waals surface area (Å²) in [5, 5.41) is 4.46. The molecule has 1 N–H and O–H groups in total. The van der Waals surface area contributed by atoms with Gasteiger partial charge in [0, 0.05) is 33.2 Å². The van der Waals surface area contributed by atoms with Crippen LogP contribution in [-0.4, -0.2) is 83.6 Å². The lowest BCUT2D eigenvalue weighted by atomic mass is 10.1. The van der Waals surface area contributed by atoms with Crippen molar-refractivity contribution in [1.29, 1.82) is 0 Å². The summed E-state index contributed by atoms with van der Waals surface area (Å²) in [6, 6.07) is 4.63. The maximum atomic E-state index is 13.6. The summed E-state index contributed by atoms with van der Waals surface area (Å²) in [6.07, 6.45) is 2.52. The minimum atomic E-state index is -3.84. The summed E-state index contributed by atoms with van der Waals surface area (Å²) >= 11 is 0. The van der Waals surface area contributed by atoms with E-state index in [-0.39, 0.29) is 35.7 Å². The molecule has 1 saturated heterocycles. The first kappa shape index (κ1) is 28.3. The van der Waals surface area contributed by atoms with Gasteiger partial charge in [-0.25, -0.2) is 13.4 Å². The Morgan fingerprint density at radius 1 is 1.13 bits per heavy atom. The average molecular weight is 566 g/mol. The Bertz CT molecular complexity index is 1480. The van der Waals surface area contributed by atoms with Gasteiger partial charge in [0.15, 0.2) is 5.52 Å². The molecule has 1 fully saturated rings. The summed E-state index contributed by atoms with van der Waals surface area (Å²) in [5.74, 6) is 0.659. The third-order valence-corrected chi connectivity index (χ3v) is 9.34. The molecule has 1 unspecified atom stereocenters. The molecule has 3 aromatic rings. The maximum Gasteiger partial charge on any atom is 0.523 e. The summed E-state index contributed by atoms with van der Waals surface area (Å²) in [4.78, 5) is 22.6. The summed E-state index contributed by atoms with van der Waals surface area (Å²) in [6.45, 7) is 5.83. The van der Waals surface area contributed by atoms with Crippen molar-refractivity contribution in [2.75, 3.05) is 46.2 Å². The van der Waals surface area contributed by atoms with E-state index >= 15 is 0 Å². The number of aromatic nitrogens is 4. The van der Waals surface area contributed by atoms with Gasteiger partial charge in [-0.3, -0.25) is 14.4 Å². The molecule has 1 aliphatic heterocycles. The van der Waals surface area contributed by atoms with Crippen molar-refractivity contribution >= 4 is 29.1 Å². The number of sulfonamides is 1. The van der Waals surface area contributed by atoms with Gasteiger partial charge in [0.05, 0.1) is 29.9 Å². The van der Waals surface area contributed by atoms with E-state index in [0.29, 0.717) is 54.2 Å². The number of piperazine rings is 1. The van der Waals surface area contributed by atoms with Crippen molar-refractivity contribution < 1.29 is 22.2 Å². The van der Waals surface area contributed by atoms with Crippen molar-refractivity contribution in [3.05, 3.63) is 34.2 Å². The molecule has 1 atom stereocenters. The van der Waals surface area contributed by atoms with Gasteiger partial charge < -0.3 is 9.72 Å². The van der Waals surface area contributed by atoms with Crippen molar-refractivity contribution in [3.63, 3.8) is 0 Å². The lowest BCUT2D eigenvalue weighted by Gasteiger charge is -2.31. The highest BCUT2D eigenvalue weighted by atomic mass is 32.2. The van der Waals surface area contributed by atoms with Crippen molar-refractivity contribution in [1.82, 2.24) is 29.0 Å². The Labute approximate surface area is 222 Å². The monoisotopic (exact) mass is 565 g/mol. The van der Waals surface area contributed by atoms with Crippen LogP contribution < -0.4 is 10.3 Å². The van der Waals surface area contributed by atoms with Gasteiger partial charge in [-0.1, -0.05) is 20.3 Å². The number of rotatable bonds is 11. The Kier molecular flexibility index (Phi) is 8.94. The normalized spacial score (nSPS) is 15.7. The second kappa shape index (κ2) is 12.0. The van der Waals surface area contributed by atoms with Crippen LogP contribution in [0.2, 0.25) is 0 Å². The van der Waals surface area contributed by atoms with E-state index in [1.165, 1.54) is 28.2 Å². The average Bonchev–Trinajstić information content (AvgIpc) is 3.23. The predicted octanol–water partition coefficient (Wildman–Crippen LogP) is 2.72. The number of hydrogen-bond acceptors (Lipinski definition) is 9. The third-order valence-electron chi connectivity index (χ3n) is 6.41. The quantitative estimate of drug-likeness (QED) is 0.348. The number of nitrogens with one attached hydrogen (secondary N) is 1. The molecular weight excluding hydrogens is 531 g/mol. The lowest BCUT2D eigenvalue weighted by molar-refractivity contribution is 0.207. The van der Waals surface area contributed by atoms with Crippen molar-refractivity contribution in [2.45, 2.75) is 38.0 Å². The Balaban J connectivity index is 1.72. The number of aryl methyl sites for hydroxylation is 2. The number of H-pyrrole nitrogens is 1. The first-order valence-electron chi connectivity index (χ1n) is 12.6. The molecular formula is C24H34N6O6PS+. The second-order valence-corrected chi connectivity index (χ2v) is 12.4. The standard InChI is InChI=1S/C24H33N6O6PS/c1-5-7-19-21-22(28(3)27-19)24(31)26-23(25-21)18-15-17(8-9-20(18)36-14-6-2)38(33,34)30-12-10-29(11-13-30)16-37(32)35-4/h8-9,15H,5-7,10-14,16H2,1-4H3/p+1. The number of aromatic amines is 1. The van der Waals surface area contributed by atoms with Crippen LogP contribution >= 0.6 is 8.03 Å². The molecule has 1 aromatic carbocycles. The lowest BCUT2D eigenvalue weighted by Crippen LogP contribution is -2.48. The Hall–Kier alpha value is -2.70. The zero-order valence-electron chi connectivity index (χ0n) is 22.1. The van der Waals surface area contributed by atoms with Crippen molar-refractivity contribution in [2.24, 2.45) is 7.05 Å². The number of nitrogens with zero attached hydrogens (tertiary/aromatic N) is 5. The van der Waals surface area contributed by atoms with Crippen LogP contribution in [0.3, 0.4) is 0 Å². The van der Waals surface area contributed by atoms with Gasteiger partial charge in [-0.2, -0.15) is 9.40 Å². The van der Waals surface area contributed by atoms with Gasteiger partial charge in [0.2, 0.25) is 16.3 Å². The van der Waals surface area contributed by atoms with Crippen molar-refractivity contribution in [3.8, 4) is 17.1 Å². The number of fused-ring (bicyclic) bond motifs is 1. The van der Waals surface area contributed by atoms with E-state index in [9.17, 15) is 17.8 Å². The molecule has 2 aromatic heterocycles. The largest absolute Gasteiger partial charge is 0.523 e. The van der Waals surface area contributed by atoms with E-state index in [1.54, 1.807) is 13.1 Å². The summed E-state index contributed by atoms with van der Waals surface area (Å²) in [7, 11) is -2.54. The van der Waals surface area contributed by atoms with Gasteiger partial charge in [-0.15, -0.1) is 4.52 Å². The van der Waals surface area contributed by atoms with E-state index < -0.39 is 18.1 Å². The molecule has 0 aliphatic carbocycles. The predicted molar refractivity (Wildman–Crippen MR) is 144 cm³/mol. The zero-order valence-corrected chi connectivity index (χ0v) is 23.8. The van der Waals surface area contributed by atoms with Crippen LogP contribution in [0.4, 0.5) is 0 Å². The fourth-order valence-corrected chi connectivity index (χ4v) is 6.63. The Morgan fingerprint density at radius 2 is 1.87 bits per heavy atom. The van der Waals surface area contributed by atoms with Gasteiger partial charge in [0.1, 0.15) is 17.1 Å². The highest BCUT2D eigenvalue weighted by Crippen LogP contribution is 2.33. The minimum absolute atomic E-state index is 0.0791. The van der Waals surface area contributed by atoms with Gasteiger partial charge >= 0.3 is 8.03 Å². The van der Waals surface area contributed by atoms with E-state index in [2.05, 4.69) is 10.1 Å². The molecule has 0 spiro atoms.